The number of hydrogen-bond donors (Lipinski definition) is 2. The molecule has 0 aromatic heterocycles. The Balaban J connectivity index is 2.29. The summed E-state index contributed by atoms with van der Waals surface area (Å²) in [4.78, 5) is 11.8. The number of aliphatic imine (C=N–C) groups is 1. The van der Waals surface area contributed by atoms with Crippen molar-refractivity contribution in [1.29, 1.82) is 0 Å². The van der Waals surface area contributed by atoms with Crippen LogP contribution in [0.2, 0.25) is 0 Å². The first kappa shape index (κ1) is 21.2. The summed E-state index contributed by atoms with van der Waals surface area (Å²) in [6, 6.07) is 1.66. The second-order valence-corrected chi connectivity index (χ2v) is 7.49. The number of guanidine groups is 1. The first-order valence-corrected chi connectivity index (χ1v) is 9.48. The van der Waals surface area contributed by atoms with E-state index in [1.165, 1.54) is 0 Å². The van der Waals surface area contributed by atoms with Crippen molar-refractivity contribution in [2.75, 3.05) is 59.9 Å². The van der Waals surface area contributed by atoms with Gasteiger partial charge in [-0.05, 0) is 41.7 Å². The second-order valence-electron chi connectivity index (χ2n) is 7.49. The van der Waals surface area contributed by atoms with Crippen molar-refractivity contribution in [1.82, 2.24) is 25.3 Å². The maximum atomic E-state index is 4.35. The summed E-state index contributed by atoms with van der Waals surface area (Å²) < 4.78 is 0. The van der Waals surface area contributed by atoms with Crippen LogP contribution in [0.25, 0.3) is 0 Å². The van der Waals surface area contributed by atoms with E-state index >= 15 is 0 Å². The predicted octanol–water partition coefficient (Wildman–Crippen LogP) is 0.906. The summed E-state index contributed by atoms with van der Waals surface area (Å²) in [5.41, 5.74) is 0. The molecule has 2 N–H and O–H groups in total. The van der Waals surface area contributed by atoms with Crippen molar-refractivity contribution in [3.8, 4) is 0 Å². The smallest absolute Gasteiger partial charge is 0.191 e. The van der Waals surface area contributed by atoms with Gasteiger partial charge in [-0.2, -0.15) is 0 Å². The Kier molecular flexibility index (Phi) is 9.63. The average Bonchev–Trinajstić information content (AvgIpc) is 2.53. The fourth-order valence-electron chi connectivity index (χ4n) is 3.27. The van der Waals surface area contributed by atoms with Gasteiger partial charge in [0.15, 0.2) is 5.96 Å². The van der Waals surface area contributed by atoms with E-state index in [9.17, 15) is 0 Å². The minimum absolute atomic E-state index is 0.528. The molecule has 142 valence electrons. The summed E-state index contributed by atoms with van der Waals surface area (Å²) in [5, 5.41) is 6.92. The molecule has 0 aromatic rings. The molecule has 1 unspecified atom stereocenters. The zero-order valence-electron chi connectivity index (χ0n) is 17.0. The highest BCUT2D eigenvalue weighted by atomic mass is 15.3. The lowest BCUT2D eigenvalue weighted by molar-refractivity contribution is 0.120. The van der Waals surface area contributed by atoms with Crippen molar-refractivity contribution < 1.29 is 0 Å². The van der Waals surface area contributed by atoms with Crippen LogP contribution in [0.1, 0.15) is 34.6 Å². The SMILES string of the molecule is CN=C(NCCN(C(C)C)C(C)C)NCC(C)N1CCN(C)CC1. The van der Waals surface area contributed by atoms with Gasteiger partial charge < -0.3 is 15.5 Å². The highest BCUT2D eigenvalue weighted by Gasteiger charge is 2.19. The highest BCUT2D eigenvalue weighted by molar-refractivity contribution is 5.79. The maximum absolute atomic E-state index is 4.35. The van der Waals surface area contributed by atoms with Crippen LogP contribution in [-0.4, -0.2) is 98.7 Å². The van der Waals surface area contributed by atoms with Gasteiger partial charge in [-0.1, -0.05) is 0 Å². The monoisotopic (exact) mass is 340 g/mol. The Morgan fingerprint density at radius 1 is 1.00 bits per heavy atom. The minimum atomic E-state index is 0.528. The fraction of sp³-hybridized carbons (Fsp3) is 0.944. The van der Waals surface area contributed by atoms with Crippen LogP contribution in [0.4, 0.5) is 0 Å². The van der Waals surface area contributed by atoms with Gasteiger partial charge in [-0.15, -0.1) is 0 Å². The minimum Gasteiger partial charge on any atom is -0.355 e. The zero-order chi connectivity index (χ0) is 18.1. The van der Waals surface area contributed by atoms with Crippen LogP contribution in [0.15, 0.2) is 4.99 Å². The lowest BCUT2D eigenvalue weighted by atomic mass is 10.2. The van der Waals surface area contributed by atoms with Crippen molar-refractivity contribution in [3.63, 3.8) is 0 Å². The molecule has 1 aliphatic rings. The van der Waals surface area contributed by atoms with Gasteiger partial charge in [0.05, 0.1) is 0 Å². The molecule has 0 spiro atoms. The Morgan fingerprint density at radius 3 is 2.08 bits per heavy atom. The molecule has 1 rings (SSSR count). The number of nitrogens with one attached hydrogen (secondary N) is 2. The van der Waals surface area contributed by atoms with Crippen LogP contribution >= 0.6 is 0 Å². The van der Waals surface area contributed by atoms with Crippen LogP contribution in [0.5, 0.6) is 0 Å². The van der Waals surface area contributed by atoms with E-state index in [4.69, 9.17) is 0 Å². The predicted molar refractivity (Wildman–Crippen MR) is 105 cm³/mol. The van der Waals surface area contributed by atoms with Gasteiger partial charge in [-0.25, -0.2) is 0 Å². The second kappa shape index (κ2) is 10.9. The van der Waals surface area contributed by atoms with Gasteiger partial charge in [0.25, 0.3) is 0 Å². The van der Waals surface area contributed by atoms with E-state index in [0.717, 1.165) is 51.8 Å². The molecule has 0 aliphatic carbocycles. The number of likely N-dealkylation sites (N-methyl/N-ethyl adjacent to an activating group) is 1. The summed E-state index contributed by atoms with van der Waals surface area (Å²) in [5.74, 6) is 0.906. The standard InChI is InChI=1S/C18H40N6/c1-15(2)24(16(3)4)9-8-20-18(19-6)21-14-17(5)23-12-10-22(7)11-13-23/h15-17H,8-14H2,1-7H3,(H2,19,20,21). The van der Waals surface area contributed by atoms with Gasteiger partial charge in [0.2, 0.25) is 0 Å². The molecule has 1 fully saturated rings. The Hall–Kier alpha value is -0.850. The molecule has 0 bridgehead atoms. The Labute approximate surface area is 149 Å². The van der Waals surface area contributed by atoms with Gasteiger partial charge in [0.1, 0.15) is 0 Å². The molecule has 1 aliphatic heterocycles. The number of nitrogens with zero attached hydrogens (tertiary/aromatic N) is 4. The number of hydrogen-bond acceptors (Lipinski definition) is 4. The fourth-order valence-corrected chi connectivity index (χ4v) is 3.27. The lowest BCUT2D eigenvalue weighted by Crippen LogP contribution is -2.52. The molecule has 1 heterocycles. The summed E-state index contributed by atoms with van der Waals surface area (Å²) in [7, 11) is 4.04. The summed E-state index contributed by atoms with van der Waals surface area (Å²) in [6.07, 6.45) is 0. The molecular formula is C18H40N6. The van der Waals surface area contributed by atoms with Crippen molar-refractivity contribution in [3.05, 3.63) is 0 Å². The largest absolute Gasteiger partial charge is 0.355 e. The first-order valence-electron chi connectivity index (χ1n) is 9.48. The number of piperazine rings is 1. The zero-order valence-corrected chi connectivity index (χ0v) is 17.0. The van der Waals surface area contributed by atoms with E-state index in [1.54, 1.807) is 0 Å². The van der Waals surface area contributed by atoms with E-state index in [1.807, 2.05) is 7.05 Å². The van der Waals surface area contributed by atoms with Crippen molar-refractivity contribution in [2.45, 2.75) is 52.7 Å². The van der Waals surface area contributed by atoms with E-state index in [2.05, 4.69) is 72.0 Å². The van der Waals surface area contributed by atoms with E-state index < -0.39 is 0 Å². The van der Waals surface area contributed by atoms with Gasteiger partial charge in [-0.3, -0.25) is 14.8 Å². The third kappa shape index (κ3) is 7.36. The van der Waals surface area contributed by atoms with Crippen molar-refractivity contribution in [2.24, 2.45) is 4.99 Å². The number of rotatable bonds is 8. The third-order valence-corrected chi connectivity index (χ3v) is 4.94. The topological polar surface area (TPSA) is 46.1 Å². The molecule has 1 atom stereocenters. The highest BCUT2D eigenvalue weighted by Crippen LogP contribution is 2.04. The summed E-state index contributed by atoms with van der Waals surface area (Å²) in [6.45, 7) is 18.8. The van der Waals surface area contributed by atoms with Crippen LogP contribution < -0.4 is 10.6 Å². The van der Waals surface area contributed by atoms with Gasteiger partial charge in [0, 0.05) is 71.0 Å². The maximum Gasteiger partial charge on any atom is 0.191 e. The van der Waals surface area contributed by atoms with Gasteiger partial charge >= 0.3 is 0 Å². The molecule has 6 heteroatoms. The molecule has 6 nitrogen and oxygen atoms in total. The lowest BCUT2D eigenvalue weighted by Gasteiger charge is -2.36. The molecular weight excluding hydrogens is 300 g/mol. The average molecular weight is 341 g/mol. The van der Waals surface area contributed by atoms with Crippen molar-refractivity contribution >= 4 is 5.96 Å². The van der Waals surface area contributed by atoms with Crippen LogP contribution in [-0.2, 0) is 0 Å². The van der Waals surface area contributed by atoms with Crippen LogP contribution in [0, 0.1) is 0 Å². The van der Waals surface area contributed by atoms with E-state index in [-0.39, 0.29) is 0 Å². The Bertz CT molecular complexity index is 353. The van der Waals surface area contributed by atoms with E-state index in [0.29, 0.717) is 18.1 Å². The quantitative estimate of drug-likeness (QED) is 0.508. The molecule has 0 aromatic carbocycles. The molecule has 0 radical (unpaired) electrons. The summed E-state index contributed by atoms with van der Waals surface area (Å²) >= 11 is 0. The molecule has 0 amide bonds. The molecule has 1 saturated heterocycles. The Morgan fingerprint density at radius 2 is 1.58 bits per heavy atom. The molecule has 24 heavy (non-hydrogen) atoms. The molecule has 0 saturated carbocycles. The normalized spacial score (nSPS) is 19.3. The third-order valence-electron chi connectivity index (χ3n) is 4.94. The van der Waals surface area contributed by atoms with Crippen LogP contribution in [0.3, 0.4) is 0 Å². The first-order chi connectivity index (χ1) is 11.3.